The van der Waals surface area contributed by atoms with Crippen molar-refractivity contribution in [3.8, 4) is 11.5 Å². The fourth-order valence-electron chi connectivity index (χ4n) is 2.78. The van der Waals surface area contributed by atoms with Gasteiger partial charge >= 0.3 is 23.6 Å². The van der Waals surface area contributed by atoms with Crippen LogP contribution in [0, 0.1) is 10.1 Å². The van der Waals surface area contributed by atoms with Crippen LogP contribution in [0.2, 0.25) is 0 Å². The molecule has 0 atom stereocenters. The third-order valence-electron chi connectivity index (χ3n) is 4.07. The molecule has 0 radical (unpaired) electrons. The minimum atomic E-state index is -0.827. The zero-order valence-corrected chi connectivity index (χ0v) is 21.4. The topological polar surface area (TPSA) is 140 Å². The average Bonchev–Trinajstić information content (AvgIpc) is 2.71. The molecule has 1 aromatic rings. The number of nitrogens with zero attached hydrogens (tertiary/aromatic N) is 1. The zero-order chi connectivity index (χ0) is 26.8. The molecule has 0 aliphatic heterocycles. The molecule has 1 rings (SSSR count). The highest BCUT2D eigenvalue weighted by Crippen LogP contribution is 2.35. The highest BCUT2D eigenvalue weighted by Gasteiger charge is 2.25. The zero-order valence-electron chi connectivity index (χ0n) is 21.4. The van der Waals surface area contributed by atoms with Crippen molar-refractivity contribution in [2.45, 2.75) is 78.4 Å². The van der Waals surface area contributed by atoms with Crippen molar-refractivity contribution in [3.05, 3.63) is 27.8 Å². The van der Waals surface area contributed by atoms with Crippen LogP contribution in [0.15, 0.2) is 12.1 Å². The van der Waals surface area contributed by atoms with Gasteiger partial charge < -0.3 is 23.7 Å². The van der Waals surface area contributed by atoms with Gasteiger partial charge in [0.2, 0.25) is 5.75 Å². The van der Waals surface area contributed by atoms with Gasteiger partial charge in [-0.2, -0.15) is 0 Å². The van der Waals surface area contributed by atoms with Crippen LogP contribution >= 0.6 is 0 Å². The number of ether oxygens (including phenoxy) is 5. The van der Waals surface area contributed by atoms with Crippen molar-refractivity contribution in [2.75, 3.05) is 20.3 Å². The van der Waals surface area contributed by atoms with E-state index < -0.39 is 39.7 Å². The van der Waals surface area contributed by atoms with Gasteiger partial charge in [0.1, 0.15) is 22.5 Å². The first-order chi connectivity index (χ1) is 16.1. The van der Waals surface area contributed by atoms with E-state index in [4.69, 9.17) is 23.7 Å². The minimum Gasteiger partial charge on any atom is -0.493 e. The van der Waals surface area contributed by atoms with E-state index in [1.54, 1.807) is 41.5 Å². The monoisotopic (exact) mass is 497 g/mol. The number of benzene rings is 1. The predicted octanol–water partition coefficient (Wildman–Crippen LogP) is 4.38. The predicted molar refractivity (Wildman–Crippen MR) is 126 cm³/mol. The SMILES string of the molecule is COC(=O)c1cc([N+](=O)[O-])c(OCCCC(=O)OC(C)(C)C)cc1OCCCC(=O)OC(C)(C)C. The standard InChI is InChI=1S/C24H35NO10/c1-23(2,3)34-20(26)10-8-12-32-18-15-19(17(25(29)30)14-16(18)22(28)31-7)33-13-9-11-21(27)35-24(4,5)6/h14-15H,8-13H2,1-7H3. The molecule has 0 aromatic heterocycles. The van der Waals surface area contributed by atoms with E-state index in [1.165, 1.54) is 6.07 Å². The summed E-state index contributed by atoms with van der Waals surface area (Å²) < 4.78 is 26.3. The fourth-order valence-corrected chi connectivity index (χ4v) is 2.78. The van der Waals surface area contributed by atoms with Gasteiger partial charge in [-0.15, -0.1) is 0 Å². The number of methoxy groups -OCH3 is 1. The molecule has 0 aliphatic carbocycles. The summed E-state index contributed by atoms with van der Waals surface area (Å²) in [6.07, 6.45) is 0.709. The van der Waals surface area contributed by atoms with E-state index in [0.29, 0.717) is 6.42 Å². The first kappa shape index (κ1) is 29.7. The van der Waals surface area contributed by atoms with E-state index >= 15 is 0 Å². The molecule has 0 saturated carbocycles. The lowest BCUT2D eigenvalue weighted by molar-refractivity contribution is -0.385. The molecule has 0 heterocycles. The first-order valence-electron chi connectivity index (χ1n) is 11.2. The average molecular weight is 498 g/mol. The molecule has 0 aliphatic rings. The number of nitro groups is 1. The summed E-state index contributed by atoms with van der Waals surface area (Å²) in [5.74, 6) is -1.76. The molecule has 0 saturated heterocycles. The normalized spacial score (nSPS) is 11.4. The number of esters is 3. The van der Waals surface area contributed by atoms with Crippen molar-refractivity contribution in [2.24, 2.45) is 0 Å². The summed E-state index contributed by atoms with van der Waals surface area (Å²) in [6.45, 7) is 10.6. The molecule has 0 bridgehead atoms. The molecule has 1 aromatic carbocycles. The van der Waals surface area contributed by atoms with Crippen molar-refractivity contribution in [1.29, 1.82) is 0 Å². The number of nitro benzene ring substituents is 1. The molecule has 11 heteroatoms. The number of rotatable bonds is 12. The highest BCUT2D eigenvalue weighted by molar-refractivity contribution is 5.94. The second-order valence-electron chi connectivity index (χ2n) is 9.64. The minimum absolute atomic E-state index is 0.00423. The lowest BCUT2D eigenvalue weighted by atomic mass is 10.1. The second kappa shape index (κ2) is 12.9. The second-order valence-corrected chi connectivity index (χ2v) is 9.64. The Morgan fingerprint density at radius 1 is 0.829 bits per heavy atom. The lowest BCUT2D eigenvalue weighted by Crippen LogP contribution is -2.24. The van der Waals surface area contributed by atoms with Gasteiger partial charge in [-0.05, 0) is 54.4 Å². The molecule has 196 valence electrons. The maximum absolute atomic E-state index is 12.2. The summed E-state index contributed by atoms with van der Waals surface area (Å²) >= 11 is 0. The Morgan fingerprint density at radius 3 is 1.69 bits per heavy atom. The maximum Gasteiger partial charge on any atom is 0.341 e. The largest absolute Gasteiger partial charge is 0.493 e. The Labute approximate surface area is 205 Å². The molecule has 0 fully saturated rings. The van der Waals surface area contributed by atoms with E-state index in [-0.39, 0.29) is 49.5 Å². The lowest BCUT2D eigenvalue weighted by Gasteiger charge is -2.19. The number of carbonyl (C=O) groups is 3. The quantitative estimate of drug-likeness (QED) is 0.134. The van der Waals surface area contributed by atoms with Crippen molar-refractivity contribution >= 4 is 23.6 Å². The van der Waals surface area contributed by atoms with Crippen molar-refractivity contribution in [1.82, 2.24) is 0 Å². The Morgan fingerprint density at radius 2 is 1.29 bits per heavy atom. The van der Waals surface area contributed by atoms with Crippen molar-refractivity contribution in [3.63, 3.8) is 0 Å². The van der Waals surface area contributed by atoms with E-state index in [1.807, 2.05) is 0 Å². The Kier molecular flexibility index (Phi) is 10.9. The van der Waals surface area contributed by atoms with Crippen LogP contribution in [0.3, 0.4) is 0 Å². The number of hydrogen-bond acceptors (Lipinski definition) is 10. The Balaban J connectivity index is 2.91. The van der Waals surface area contributed by atoms with E-state index in [0.717, 1.165) is 13.2 Å². The molecule has 0 N–H and O–H groups in total. The van der Waals surface area contributed by atoms with Crippen LogP contribution in [0.5, 0.6) is 11.5 Å². The van der Waals surface area contributed by atoms with E-state index in [9.17, 15) is 24.5 Å². The van der Waals surface area contributed by atoms with Crippen LogP contribution in [0.1, 0.15) is 77.6 Å². The molecule has 0 unspecified atom stereocenters. The van der Waals surface area contributed by atoms with Crippen LogP contribution in [0.4, 0.5) is 5.69 Å². The van der Waals surface area contributed by atoms with Gasteiger partial charge in [-0.25, -0.2) is 4.79 Å². The number of carbonyl (C=O) groups excluding carboxylic acids is 3. The summed E-state index contributed by atoms with van der Waals surface area (Å²) in [5, 5.41) is 11.6. The highest BCUT2D eigenvalue weighted by atomic mass is 16.6. The third-order valence-corrected chi connectivity index (χ3v) is 4.07. The smallest absolute Gasteiger partial charge is 0.341 e. The van der Waals surface area contributed by atoms with Crippen LogP contribution < -0.4 is 9.47 Å². The molecular weight excluding hydrogens is 462 g/mol. The fraction of sp³-hybridized carbons (Fsp3) is 0.625. The third kappa shape index (κ3) is 11.5. The maximum atomic E-state index is 12.2. The number of hydrogen-bond donors (Lipinski definition) is 0. The van der Waals surface area contributed by atoms with Gasteiger partial charge in [0.25, 0.3) is 0 Å². The molecule has 0 spiro atoms. The summed E-state index contributed by atoms with van der Waals surface area (Å²) in [5.41, 5.74) is -1.83. The van der Waals surface area contributed by atoms with Gasteiger partial charge in [0.05, 0.1) is 25.2 Å². The summed E-state index contributed by atoms with van der Waals surface area (Å²) in [6, 6.07) is 2.24. The summed E-state index contributed by atoms with van der Waals surface area (Å²) in [4.78, 5) is 46.7. The molecule has 11 nitrogen and oxygen atoms in total. The summed E-state index contributed by atoms with van der Waals surface area (Å²) in [7, 11) is 1.14. The Hall–Kier alpha value is -3.37. The van der Waals surface area contributed by atoms with Crippen LogP contribution in [-0.2, 0) is 23.8 Å². The van der Waals surface area contributed by atoms with Crippen LogP contribution in [-0.4, -0.2) is 54.4 Å². The van der Waals surface area contributed by atoms with Gasteiger partial charge in [0.15, 0.2) is 0 Å². The molecule has 0 amide bonds. The first-order valence-corrected chi connectivity index (χ1v) is 11.2. The van der Waals surface area contributed by atoms with Crippen molar-refractivity contribution < 1.29 is 43.0 Å². The molecular formula is C24H35NO10. The Bertz CT molecular complexity index is 912. The van der Waals surface area contributed by atoms with Gasteiger partial charge in [-0.3, -0.25) is 19.7 Å². The van der Waals surface area contributed by atoms with Crippen LogP contribution in [0.25, 0.3) is 0 Å². The molecule has 35 heavy (non-hydrogen) atoms. The van der Waals surface area contributed by atoms with Gasteiger partial charge in [0, 0.05) is 25.0 Å². The van der Waals surface area contributed by atoms with Gasteiger partial charge in [-0.1, -0.05) is 0 Å². The van der Waals surface area contributed by atoms with E-state index in [2.05, 4.69) is 0 Å².